The van der Waals surface area contributed by atoms with E-state index in [2.05, 4.69) is 25.5 Å². The third kappa shape index (κ3) is 3.88. The van der Waals surface area contributed by atoms with Gasteiger partial charge in [0.05, 0.1) is 6.54 Å². The second-order valence-electron chi connectivity index (χ2n) is 8.26. The van der Waals surface area contributed by atoms with Crippen molar-refractivity contribution in [3.8, 4) is 0 Å². The van der Waals surface area contributed by atoms with Gasteiger partial charge in [0, 0.05) is 31.4 Å². The number of hydrogen-bond donors (Lipinski definition) is 1. The highest BCUT2D eigenvalue weighted by atomic mass is 16.6. The van der Waals surface area contributed by atoms with Gasteiger partial charge in [-0.1, -0.05) is 10.3 Å². The fourth-order valence-corrected chi connectivity index (χ4v) is 4.27. The molecule has 1 unspecified atom stereocenters. The van der Waals surface area contributed by atoms with Crippen molar-refractivity contribution in [1.29, 1.82) is 0 Å². The Morgan fingerprint density at radius 2 is 1.93 bits per heavy atom. The van der Waals surface area contributed by atoms with Gasteiger partial charge in [-0.25, -0.2) is 9.61 Å². The lowest BCUT2D eigenvalue weighted by atomic mass is 9.86. The van der Waals surface area contributed by atoms with Gasteiger partial charge >= 0.3 is 0 Å². The van der Waals surface area contributed by atoms with Crippen molar-refractivity contribution >= 4 is 17.6 Å². The number of anilines is 1. The molecule has 0 aromatic carbocycles. The van der Waals surface area contributed by atoms with Crippen LogP contribution in [0.25, 0.3) is 0 Å². The number of carbonyl (C=O) groups is 2. The van der Waals surface area contributed by atoms with Crippen LogP contribution < -0.4 is 10.2 Å². The van der Waals surface area contributed by atoms with Crippen molar-refractivity contribution in [3.63, 3.8) is 0 Å². The molecule has 30 heavy (non-hydrogen) atoms. The summed E-state index contributed by atoms with van der Waals surface area (Å²) in [5, 5.41) is 10.5. The maximum atomic E-state index is 13.4. The largest absolute Gasteiger partial charge is 0.357 e. The molecule has 4 rings (SSSR count). The van der Waals surface area contributed by atoms with E-state index in [0.717, 1.165) is 44.6 Å². The van der Waals surface area contributed by atoms with Crippen molar-refractivity contribution in [3.05, 3.63) is 35.3 Å². The number of nitrogens with one attached hydrogen (secondary N) is 1. The maximum absolute atomic E-state index is 13.4. The first kappa shape index (κ1) is 20.3. The summed E-state index contributed by atoms with van der Waals surface area (Å²) in [6.07, 6.45) is 6.36. The average Bonchev–Trinajstić information content (AvgIpc) is 3.44. The SMILES string of the molecule is Cc1nonc1CNC(=O)C1(C)CCCCN1C(=O)c1ccnc(N2CCCC2)c1. The minimum absolute atomic E-state index is 0.130. The van der Waals surface area contributed by atoms with Crippen LogP contribution >= 0.6 is 0 Å². The van der Waals surface area contributed by atoms with Crippen LogP contribution in [0.15, 0.2) is 23.0 Å². The van der Waals surface area contributed by atoms with Crippen LogP contribution in [0.1, 0.15) is 60.8 Å². The smallest absolute Gasteiger partial charge is 0.254 e. The van der Waals surface area contributed by atoms with Crippen molar-refractivity contribution < 1.29 is 14.2 Å². The summed E-state index contributed by atoms with van der Waals surface area (Å²) < 4.78 is 4.69. The van der Waals surface area contributed by atoms with Crippen molar-refractivity contribution in [2.24, 2.45) is 0 Å². The van der Waals surface area contributed by atoms with Crippen LogP contribution in [-0.4, -0.2) is 57.2 Å². The Balaban J connectivity index is 1.52. The second-order valence-corrected chi connectivity index (χ2v) is 8.26. The molecule has 2 aliphatic heterocycles. The standard InChI is InChI=1S/C21H28N6O3/c1-15-17(25-30-24-15)14-23-20(29)21(2)8-3-4-12-27(21)19(28)16-7-9-22-18(13-16)26-10-5-6-11-26/h7,9,13H,3-6,8,10-12,14H2,1-2H3,(H,23,29). The van der Waals surface area contributed by atoms with Crippen molar-refractivity contribution in [2.45, 2.75) is 58.0 Å². The van der Waals surface area contributed by atoms with Gasteiger partial charge in [-0.3, -0.25) is 9.59 Å². The van der Waals surface area contributed by atoms with Gasteiger partial charge in [0.15, 0.2) is 0 Å². The van der Waals surface area contributed by atoms with Crippen LogP contribution in [0.4, 0.5) is 5.82 Å². The highest BCUT2D eigenvalue weighted by Crippen LogP contribution is 2.30. The number of likely N-dealkylation sites (tertiary alicyclic amines) is 1. The molecule has 160 valence electrons. The molecule has 2 fully saturated rings. The minimum Gasteiger partial charge on any atom is -0.357 e. The minimum atomic E-state index is -0.919. The zero-order valence-corrected chi connectivity index (χ0v) is 17.6. The van der Waals surface area contributed by atoms with Crippen molar-refractivity contribution in [1.82, 2.24) is 25.5 Å². The third-order valence-electron chi connectivity index (χ3n) is 6.21. The number of rotatable bonds is 5. The summed E-state index contributed by atoms with van der Waals surface area (Å²) >= 11 is 0. The predicted octanol–water partition coefficient (Wildman–Crippen LogP) is 2.07. The highest BCUT2D eigenvalue weighted by molar-refractivity contribution is 5.99. The van der Waals surface area contributed by atoms with Gasteiger partial charge in [-0.2, -0.15) is 0 Å². The summed E-state index contributed by atoms with van der Waals surface area (Å²) in [5.41, 5.74) is 0.884. The molecule has 1 N–H and O–H groups in total. The molecule has 0 saturated carbocycles. The molecule has 2 aliphatic rings. The molecule has 0 spiro atoms. The average molecular weight is 412 g/mol. The molecule has 0 radical (unpaired) electrons. The number of aryl methyl sites for hydroxylation is 1. The van der Waals surface area contributed by atoms with E-state index in [9.17, 15) is 9.59 Å². The molecule has 0 aliphatic carbocycles. The van der Waals surface area contributed by atoms with Crippen LogP contribution in [-0.2, 0) is 11.3 Å². The quantitative estimate of drug-likeness (QED) is 0.802. The van der Waals surface area contributed by atoms with Crippen LogP contribution in [0.3, 0.4) is 0 Å². The summed E-state index contributed by atoms with van der Waals surface area (Å²) in [4.78, 5) is 34.9. The van der Waals surface area contributed by atoms with Crippen LogP contribution in [0.2, 0.25) is 0 Å². The molecule has 9 nitrogen and oxygen atoms in total. The first-order chi connectivity index (χ1) is 14.5. The lowest BCUT2D eigenvalue weighted by Crippen LogP contribution is -2.60. The Hall–Kier alpha value is -2.97. The molecule has 0 bridgehead atoms. The summed E-state index contributed by atoms with van der Waals surface area (Å²) in [6.45, 7) is 6.32. The molecule has 4 heterocycles. The van der Waals surface area contributed by atoms with Gasteiger partial charge in [0.1, 0.15) is 22.7 Å². The topological polar surface area (TPSA) is 104 Å². The fourth-order valence-electron chi connectivity index (χ4n) is 4.27. The summed E-state index contributed by atoms with van der Waals surface area (Å²) in [7, 11) is 0. The Labute approximate surface area is 175 Å². The molecular formula is C21H28N6O3. The van der Waals surface area contributed by atoms with E-state index in [1.807, 2.05) is 13.0 Å². The number of carbonyl (C=O) groups excluding carboxylic acids is 2. The lowest BCUT2D eigenvalue weighted by Gasteiger charge is -2.43. The van der Waals surface area contributed by atoms with E-state index >= 15 is 0 Å². The van der Waals surface area contributed by atoms with E-state index in [0.29, 0.717) is 29.9 Å². The van der Waals surface area contributed by atoms with E-state index in [1.54, 1.807) is 24.1 Å². The molecule has 2 aromatic rings. The number of aromatic nitrogens is 3. The van der Waals surface area contributed by atoms with Gasteiger partial charge < -0.3 is 15.1 Å². The van der Waals surface area contributed by atoms with E-state index in [4.69, 9.17) is 4.63 Å². The van der Waals surface area contributed by atoms with Crippen LogP contribution in [0.5, 0.6) is 0 Å². The van der Waals surface area contributed by atoms with Crippen LogP contribution in [0, 0.1) is 6.92 Å². The first-order valence-electron chi connectivity index (χ1n) is 10.6. The van der Waals surface area contributed by atoms with Gasteiger partial charge in [-0.05, 0) is 58.1 Å². The zero-order chi connectivity index (χ0) is 21.1. The van der Waals surface area contributed by atoms with E-state index in [-0.39, 0.29) is 18.4 Å². The Bertz CT molecular complexity index is 923. The van der Waals surface area contributed by atoms with Crippen molar-refractivity contribution in [2.75, 3.05) is 24.5 Å². The second kappa shape index (κ2) is 8.41. The molecule has 2 aromatic heterocycles. The number of piperidine rings is 1. The normalized spacial score (nSPS) is 21.7. The molecule has 9 heteroatoms. The van der Waals surface area contributed by atoms with E-state index in [1.165, 1.54) is 0 Å². The number of nitrogens with zero attached hydrogens (tertiary/aromatic N) is 5. The van der Waals surface area contributed by atoms with Gasteiger partial charge in [0.2, 0.25) is 5.91 Å². The molecule has 2 saturated heterocycles. The molecule has 1 atom stereocenters. The summed E-state index contributed by atoms with van der Waals surface area (Å²) in [5.74, 6) is 0.511. The maximum Gasteiger partial charge on any atom is 0.254 e. The fraction of sp³-hybridized carbons (Fsp3) is 0.571. The molecular weight excluding hydrogens is 384 g/mol. The predicted molar refractivity (Wildman–Crippen MR) is 110 cm³/mol. The Morgan fingerprint density at radius 1 is 1.17 bits per heavy atom. The monoisotopic (exact) mass is 412 g/mol. The number of amides is 2. The first-order valence-corrected chi connectivity index (χ1v) is 10.6. The Morgan fingerprint density at radius 3 is 2.67 bits per heavy atom. The Kier molecular flexibility index (Phi) is 5.69. The third-order valence-corrected chi connectivity index (χ3v) is 6.21. The number of pyridine rings is 1. The molecule has 2 amide bonds. The van der Waals surface area contributed by atoms with Gasteiger partial charge in [-0.15, -0.1) is 0 Å². The zero-order valence-electron chi connectivity index (χ0n) is 17.6. The van der Waals surface area contributed by atoms with E-state index < -0.39 is 5.54 Å². The number of hydrogen-bond acceptors (Lipinski definition) is 7. The summed E-state index contributed by atoms with van der Waals surface area (Å²) in [6, 6.07) is 3.59. The lowest BCUT2D eigenvalue weighted by molar-refractivity contribution is -0.133. The highest BCUT2D eigenvalue weighted by Gasteiger charge is 2.44. The van der Waals surface area contributed by atoms with Gasteiger partial charge in [0.25, 0.3) is 5.91 Å².